The first-order valence-electron chi connectivity index (χ1n) is 9.94. The van der Waals surface area contributed by atoms with Gasteiger partial charge < -0.3 is 14.9 Å². The molecule has 5 nitrogen and oxygen atoms in total. The van der Waals surface area contributed by atoms with Crippen molar-refractivity contribution in [3.05, 3.63) is 11.6 Å². The Labute approximate surface area is 154 Å². The third-order valence-electron chi connectivity index (χ3n) is 8.47. The van der Waals surface area contributed by atoms with E-state index in [-0.39, 0.29) is 35.1 Å². The minimum absolute atomic E-state index is 0.0301. The van der Waals surface area contributed by atoms with Gasteiger partial charge in [0.1, 0.15) is 0 Å². The molecule has 0 aromatic rings. The summed E-state index contributed by atoms with van der Waals surface area (Å²) in [6, 6.07) is 0. The molecule has 4 fully saturated rings. The Balaban J connectivity index is 1.71. The molecule has 0 radical (unpaired) electrons. The molecule has 0 saturated heterocycles. The van der Waals surface area contributed by atoms with Gasteiger partial charge in [0, 0.05) is 18.1 Å². The maximum atomic E-state index is 12.6. The highest BCUT2D eigenvalue weighted by molar-refractivity contribution is 6.02. The van der Waals surface area contributed by atoms with Crippen LogP contribution in [0.1, 0.15) is 58.3 Å². The van der Waals surface area contributed by atoms with Crippen molar-refractivity contribution in [2.75, 3.05) is 13.7 Å². The highest BCUT2D eigenvalue weighted by Crippen LogP contribution is 2.71. The largest absolute Gasteiger partial charge is 0.466 e. The fraction of sp³-hybridized carbons (Fsp3) is 0.810. The second-order valence-electron chi connectivity index (χ2n) is 9.47. The van der Waals surface area contributed by atoms with Crippen molar-refractivity contribution in [3.8, 4) is 0 Å². The topological polar surface area (TPSA) is 83.8 Å². The number of hydrogen-bond acceptors (Lipinski definition) is 5. The van der Waals surface area contributed by atoms with Gasteiger partial charge in [-0.05, 0) is 73.5 Å². The van der Waals surface area contributed by atoms with Crippen LogP contribution in [-0.2, 0) is 14.3 Å². The number of carbonyl (C=O) groups excluding carboxylic acids is 2. The van der Waals surface area contributed by atoms with E-state index in [2.05, 4.69) is 6.92 Å². The Hall–Kier alpha value is -1.20. The highest BCUT2D eigenvalue weighted by Gasteiger charge is 2.66. The lowest BCUT2D eigenvalue weighted by molar-refractivity contribution is -0.136. The summed E-state index contributed by atoms with van der Waals surface area (Å²) in [6.07, 6.45) is 8.24. The Bertz CT molecular complexity index is 669. The Morgan fingerprint density at radius 2 is 2.08 bits per heavy atom. The van der Waals surface area contributed by atoms with E-state index in [1.165, 1.54) is 13.2 Å². The molecule has 0 aromatic carbocycles. The smallest absolute Gasteiger partial charge is 0.330 e. The number of ether oxygens (including phenoxy) is 1. The summed E-state index contributed by atoms with van der Waals surface area (Å²) in [5.74, 6) is 0.356. The van der Waals surface area contributed by atoms with Crippen LogP contribution in [0.25, 0.3) is 0 Å². The maximum Gasteiger partial charge on any atom is 0.330 e. The minimum Gasteiger partial charge on any atom is -0.466 e. The van der Waals surface area contributed by atoms with E-state index in [1.54, 1.807) is 0 Å². The standard InChI is InChI=1S/C21H30O5/c1-19-7-6-16(23)14(9-18(24)26-2)15(19)5-8-20-10-13(3-4-17(19)20)21(25,11-20)12-22/h9,13,15,17,22,25H,3-8,10-12H2,1-2H3/b14-9-/t13-,15-,17+,19-,20+,21+/m1/s1. The quantitative estimate of drug-likeness (QED) is 0.582. The molecule has 4 aliphatic rings. The normalized spacial score (nSPS) is 48.8. The first-order chi connectivity index (χ1) is 12.3. The van der Waals surface area contributed by atoms with Gasteiger partial charge in [0.25, 0.3) is 0 Å². The molecule has 0 aliphatic heterocycles. The van der Waals surface area contributed by atoms with Crippen molar-refractivity contribution in [2.24, 2.45) is 28.6 Å². The summed E-state index contributed by atoms with van der Waals surface area (Å²) >= 11 is 0. The molecule has 2 bridgehead atoms. The zero-order valence-electron chi connectivity index (χ0n) is 15.8. The molecule has 6 atom stereocenters. The lowest BCUT2D eigenvalue weighted by Crippen LogP contribution is -2.53. The average molecular weight is 362 g/mol. The molecule has 144 valence electrons. The number of allylic oxidation sites excluding steroid dienone is 1. The Kier molecular flexibility index (Phi) is 4.12. The third kappa shape index (κ3) is 2.36. The number of aliphatic hydroxyl groups is 2. The van der Waals surface area contributed by atoms with Gasteiger partial charge in [0.2, 0.25) is 0 Å². The SMILES string of the molecule is COC(=O)/C=C1\C(=O)CC[C@]2(C)[C@@H]1CC[C@@]13C[C@@H](CC[C@H]12)[C@@](O)(CO)C3. The second-order valence-corrected chi connectivity index (χ2v) is 9.47. The van der Waals surface area contributed by atoms with Gasteiger partial charge >= 0.3 is 5.97 Å². The van der Waals surface area contributed by atoms with Crippen molar-refractivity contribution < 1.29 is 24.5 Å². The zero-order chi connectivity index (χ0) is 18.7. The number of Topliss-reactive ketones (excluding diaryl/α,β-unsaturated/α-hetero) is 1. The van der Waals surface area contributed by atoms with Gasteiger partial charge in [-0.15, -0.1) is 0 Å². The second kappa shape index (κ2) is 5.90. The van der Waals surface area contributed by atoms with E-state index >= 15 is 0 Å². The predicted octanol–water partition coefficient (Wildman–Crippen LogP) is 2.39. The lowest BCUT2D eigenvalue weighted by Gasteiger charge is -2.60. The number of esters is 1. The summed E-state index contributed by atoms with van der Waals surface area (Å²) in [7, 11) is 1.34. The van der Waals surface area contributed by atoms with Crippen LogP contribution >= 0.6 is 0 Å². The van der Waals surface area contributed by atoms with Crippen LogP contribution in [0.5, 0.6) is 0 Å². The summed E-state index contributed by atoms with van der Waals surface area (Å²) in [4.78, 5) is 24.4. The van der Waals surface area contributed by atoms with Crippen LogP contribution in [0.4, 0.5) is 0 Å². The van der Waals surface area contributed by atoms with Gasteiger partial charge in [-0.1, -0.05) is 6.92 Å². The molecular formula is C21H30O5. The first kappa shape index (κ1) is 18.2. The van der Waals surface area contributed by atoms with Gasteiger partial charge in [0.05, 0.1) is 19.3 Å². The molecule has 4 rings (SSSR count). The van der Waals surface area contributed by atoms with E-state index in [1.807, 2.05) is 0 Å². The first-order valence-corrected chi connectivity index (χ1v) is 9.94. The number of methoxy groups -OCH3 is 1. The van der Waals surface area contributed by atoms with Crippen LogP contribution in [0.15, 0.2) is 11.6 Å². The number of carbonyl (C=O) groups is 2. The van der Waals surface area contributed by atoms with Gasteiger partial charge in [-0.25, -0.2) is 4.79 Å². The number of hydrogen-bond donors (Lipinski definition) is 2. The number of fused-ring (bicyclic) bond motifs is 3. The van der Waals surface area contributed by atoms with E-state index in [0.717, 1.165) is 38.5 Å². The van der Waals surface area contributed by atoms with Gasteiger partial charge in [-0.2, -0.15) is 0 Å². The van der Waals surface area contributed by atoms with Crippen LogP contribution in [0.2, 0.25) is 0 Å². The summed E-state index contributed by atoms with van der Waals surface area (Å²) in [5.41, 5.74) is -0.245. The molecule has 26 heavy (non-hydrogen) atoms. The Morgan fingerprint density at radius 1 is 1.31 bits per heavy atom. The third-order valence-corrected chi connectivity index (χ3v) is 8.47. The van der Waals surface area contributed by atoms with Crippen LogP contribution in [0.3, 0.4) is 0 Å². The molecule has 0 aromatic heterocycles. The fourth-order valence-corrected chi connectivity index (χ4v) is 7.35. The van der Waals surface area contributed by atoms with Crippen molar-refractivity contribution in [1.29, 1.82) is 0 Å². The van der Waals surface area contributed by atoms with Crippen molar-refractivity contribution >= 4 is 11.8 Å². The average Bonchev–Trinajstić information content (AvgIpc) is 2.84. The lowest BCUT2D eigenvalue weighted by atomic mass is 9.44. The fourth-order valence-electron chi connectivity index (χ4n) is 7.35. The molecule has 5 heteroatoms. The molecule has 0 amide bonds. The van der Waals surface area contributed by atoms with Gasteiger partial charge in [0.15, 0.2) is 5.78 Å². The van der Waals surface area contributed by atoms with E-state index in [0.29, 0.717) is 24.3 Å². The van der Waals surface area contributed by atoms with Crippen LogP contribution < -0.4 is 0 Å². The molecular weight excluding hydrogens is 332 g/mol. The van der Waals surface area contributed by atoms with Crippen molar-refractivity contribution in [3.63, 3.8) is 0 Å². The molecule has 2 N–H and O–H groups in total. The number of aliphatic hydroxyl groups excluding tert-OH is 1. The number of ketones is 1. The summed E-state index contributed by atoms with van der Waals surface area (Å²) < 4.78 is 4.78. The van der Waals surface area contributed by atoms with Gasteiger partial charge in [-0.3, -0.25) is 4.79 Å². The van der Waals surface area contributed by atoms with E-state index in [9.17, 15) is 19.8 Å². The van der Waals surface area contributed by atoms with Crippen LogP contribution in [0, 0.1) is 28.6 Å². The van der Waals surface area contributed by atoms with E-state index < -0.39 is 11.6 Å². The van der Waals surface area contributed by atoms with Crippen molar-refractivity contribution in [2.45, 2.75) is 63.9 Å². The van der Waals surface area contributed by atoms with Crippen LogP contribution in [-0.4, -0.2) is 41.3 Å². The predicted molar refractivity (Wildman–Crippen MR) is 95.1 cm³/mol. The molecule has 0 heterocycles. The minimum atomic E-state index is -0.937. The van der Waals surface area contributed by atoms with Crippen molar-refractivity contribution in [1.82, 2.24) is 0 Å². The molecule has 1 spiro atoms. The number of rotatable bonds is 2. The maximum absolute atomic E-state index is 12.6. The van der Waals surface area contributed by atoms with E-state index in [4.69, 9.17) is 4.74 Å². The monoisotopic (exact) mass is 362 g/mol. The Morgan fingerprint density at radius 3 is 2.77 bits per heavy atom. The summed E-state index contributed by atoms with van der Waals surface area (Å²) in [5, 5.41) is 20.8. The zero-order valence-corrected chi connectivity index (χ0v) is 15.8. The summed E-state index contributed by atoms with van der Waals surface area (Å²) in [6.45, 7) is 2.13. The molecule has 4 aliphatic carbocycles. The highest BCUT2D eigenvalue weighted by atomic mass is 16.5. The molecule has 4 saturated carbocycles. The molecule has 0 unspecified atom stereocenters.